The molecule has 1 aliphatic heterocycles. The van der Waals surface area contributed by atoms with E-state index in [1.165, 1.54) is 0 Å². The molecule has 0 aromatic heterocycles. The van der Waals surface area contributed by atoms with Gasteiger partial charge in [-0.1, -0.05) is 6.92 Å². The van der Waals surface area contributed by atoms with Gasteiger partial charge in [0.15, 0.2) is 0 Å². The van der Waals surface area contributed by atoms with Crippen LogP contribution in [0.1, 0.15) is 27.2 Å². The van der Waals surface area contributed by atoms with Gasteiger partial charge in [-0.05, 0) is 26.8 Å². The standard InChI is InChI=1S/C13H26N2O3/c1-4-5-14(6-7-16)10-13(17)15-8-11(2)18-12(3)9-15/h11-12,16H,4-10H2,1-3H3. The first-order valence-corrected chi connectivity index (χ1v) is 6.83. The number of hydrogen-bond acceptors (Lipinski definition) is 4. The van der Waals surface area contributed by atoms with Crippen LogP contribution in [0.3, 0.4) is 0 Å². The number of hydrogen-bond donors (Lipinski definition) is 1. The van der Waals surface area contributed by atoms with E-state index in [-0.39, 0.29) is 24.7 Å². The van der Waals surface area contributed by atoms with Crippen molar-refractivity contribution in [1.29, 1.82) is 0 Å². The van der Waals surface area contributed by atoms with E-state index in [2.05, 4.69) is 6.92 Å². The van der Waals surface area contributed by atoms with Crippen molar-refractivity contribution in [2.45, 2.75) is 39.4 Å². The Morgan fingerprint density at radius 2 is 1.94 bits per heavy atom. The summed E-state index contributed by atoms with van der Waals surface area (Å²) in [6.45, 7) is 9.31. The van der Waals surface area contributed by atoms with Crippen LogP contribution in [0.5, 0.6) is 0 Å². The quantitative estimate of drug-likeness (QED) is 0.746. The van der Waals surface area contributed by atoms with Crippen LogP contribution in [0.4, 0.5) is 0 Å². The molecule has 0 saturated carbocycles. The van der Waals surface area contributed by atoms with Gasteiger partial charge >= 0.3 is 0 Å². The summed E-state index contributed by atoms with van der Waals surface area (Å²) < 4.78 is 5.62. The zero-order chi connectivity index (χ0) is 13.5. The molecular weight excluding hydrogens is 232 g/mol. The van der Waals surface area contributed by atoms with E-state index in [9.17, 15) is 4.79 Å². The predicted octanol–water partition coefficient (Wildman–Crippen LogP) is 0.327. The van der Waals surface area contributed by atoms with Crippen molar-refractivity contribution in [3.05, 3.63) is 0 Å². The van der Waals surface area contributed by atoms with E-state index in [1.807, 2.05) is 23.6 Å². The lowest BCUT2D eigenvalue weighted by atomic mass is 10.2. The smallest absolute Gasteiger partial charge is 0.236 e. The number of amides is 1. The molecule has 1 amide bonds. The Kier molecular flexibility index (Phi) is 6.60. The van der Waals surface area contributed by atoms with E-state index in [4.69, 9.17) is 9.84 Å². The van der Waals surface area contributed by atoms with Gasteiger partial charge in [-0.2, -0.15) is 0 Å². The molecule has 2 unspecified atom stereocenters. The summed E-state index contributed by atoms with van der Waals surface area (Å²) in [5.74, 6) is 0.138. The Balaban J connectivity index is 2.46. The molecule has 106 valence electrons. The average molecular weight is 258 g/mol. The van der Waals surface area contributed by atoms with Crippen LogP contribution in [0.25, 0.3) is 0 Å². The van der Waals surface area contributed by atoms with Crippen molar-refractivity contribution in [1.82, 2.24) is 9.80 Å². The number of rotatable bonds is 6. The van der Waals surface area contributed by atoms with Crippen molar-refractivity contribution in [2.24, 2.45) is 0 Å². The summed E-state index contributed by atoms with van der Waals surface area (Å²) >= 11 is 0. The predicted molar refractivity (Wildman–Crippen MR) is 70.4 cm³/mol. The number of aliphatic hydroxyl groups is 1. The summed E-state index contributed by atoms with van der Waals surface area (Å²) in [5, 5.41) is 8.98. The van der Waals surface area contributed by atoms with E-state index in [0.29, 0.717) is 26.2 Å². The lowest BCUT2D eigenvalue weighted by Gasteiger charge is -2.36. The Labute approximate surface area is 110 Å². The topological polar surface area (TPSA) is 53.0 Å². The molecule has 1 fully saturated rings. The van der Waals surface area contributed by atoms with Crippen molar-refractivity contribution < 1.29 is 14.6 Å². The molecule has 1 aliphatic rings. The first kappa shape index (κ1) is 15.4. The van der Waals surface area contributed by atoms with Gasteiger partial charge in [0.1, 0.15) is 0 Å². The lowest BCUT2D eigenvalue weighted by Crippen LogP contribution is -2.51. The van der Waals surface area contributed by atoms with Gasteiger partial charge in [0, 0.05) is 19.6 Å². The van der Waals surface area contributed by atoms with Crippen molar-refractivity contribution >= 4 is 5.91 Å². The average Bonchev–Trinajstić information content (AvgIpc) is 2.28. The highest BCUT2D eigenvalue weighted by Gasteiger charge is 2.26. The van der Waals surface area contributed by atoms with Crippen LogP contribution >= 0.6 is 0 Å². The molecule has 0 spiro atoms. The first-order chi connectivity index (χ1) is 8.56. The Morgan fingerprint density at radius 1 is 1.33 bits per heavy atom. The molecular formula is C13H26N2O3. The normalized spacial score (nSPS) is 24.6. The largest absolute Gasteiger partial charge is 0.395 e. The summed E-state index contributed by atoms with van der Waals surface area (Å²) in [4.78, 5) is 16.1. The second-order valence-electron chi connectivity index (χ2n) is 5.06. The third kappa shape index (κ3) is 4.92. The van der Waals surface area contributed by atoms with Gasteiger partial charge in [0.05, 0.1) is 25.4 Å². The van der Waals surface area contributed by atoms with Crippen LogP contribution in [-0.2, 0) is 9.53 Å². The Morgan fingerprint density at radius 3 is 2.44 bits per heavy atom. The molecule has 18 heavy (non-hydrogen) atoms. The first-order valence-electron chi connectivity index (χ1n) is 6.83. The second kappa shape index (κ2) is 7.71. The van der Waals surface area contributed by atoms with Crippen LogP contribution < -0.4 is 0 Å². The van der Waals surface area contributed by atoms with E-state index in [1.54, 1.807) is 0 Å². The fraction of sp³-hybridized carbons (Fsp3) is 0.923. The molecule has 5 nitrogen and oxygen atoms in total. The Bertz CT molecular complexity index is 245. The zero-order valence-corrected chi connectivity index (χ0v) is 11.8. The third-order valence-corrected chi connectivity index (χ3v) is 3.09. The molecule has 0 radical (unpaired) electrons. The molecule has 0 aliphatic carbocycles. The van der Waals surface area contributed by atoms with Crippen LogP contribution in [0, 0.1) is 0 Å². The number of nitrogens with zero attached hydrogens (tertiary/aromatic N) is 2. The number of morpholine rings is 1. The molecule has 5 heteroatoms. The number of ether oxygens (including phenoxy) is 1. The SMILES string of the molecule is CCCN(CCO)CC(=O)N1CC(C)OC(C)C1. The summed E-state index contributed by atoms with van der Waals surface area (Å²) in [6, 6.07) is 0. The van der Waals surface area contributed by atoms with Crippen molar-refractivity contribution in [2.75, 3.05) is 39.3 Å². The van der Waals surface area contributed by atoms with Gasteiger partial charge in [0.25, 0.3) is 0 Å². The van der Waals surface area contributed by atoms with Crippen LogP contribution in [-0.4, -0.2) is 72.4 Å². The van der Waals surface area contributed by atoms with Gasteiger partial charge < -0.3 is 14.7 Å². The van der Waals surface area contributed by atoms with E-state index < -0.39 is 0 Å². The van der Waals surface area contributed by atoms with Crippen molar-refractivity contribution in [3.8, 4) is 0 Å². The second-order valence-corrected chi connectivity index (χ2v) is 5.06. The monoisotopic (exact) mass is 258 g/mol. The maximum Gasteiger partial charge on any atom is 0.236 e. The summed E-state index contributed by atoms with van der Waals surface area (Å²) in [6.07, 6.45) is 1.20. The highest BCUT2D eigenvalue weighted by Crippen LogP contribution is 2.11. The van der Waals surface area contributed by atoms with Gasteiger partial charge in [-0.15, -0.1) is 0 Å². The molecule has 0 bridgehead atoms. The van der Waals surface area contributed by atoms with Crippen LogP contribution in [0.15, 0.2) is 0 Å². The zero-order valence-electron chi connectivity index (χ0n) is 11.8. The summed E-state index contributed by atoms with van der Waals surface area (Å²) in [5.41, 5.74) is 0. The molecule has 0 aromatic rings. The Hall–Kier alpha value is -0.650. The minimum atomic E-state index is 0.100. The van der Waals surface area contributed by atoms with E-state index >= 15 is 0 Å². The molecule has 1 saturated heterocycles. The maximum absolute atomic E-state index is 12.2. The maximum atomic E-state index is 12.2. The fourth-order valence-electron chi connectivity index (χ4n) is 2.40. The number of aliphatic hydroxyl groups excluding tert-OH is 1. The third-order valence-electron chi connectivity index (χ3n) is 3.09. The van der Waals surface area contributed by atoms with Crippen LogP contribution in [0.2, 0.25) is 0 Å². The highest BCUT2D eigenvalue weighted by molar-refractivity contribution is 5.78. The van der Waals surface area contributed by atoms with Gasteiger partial charge in [0.2, 0.25) is 5.91 Å². The van der Waals surface area contributed by atoms with E-state index in [0.717, 1.165) is 13.0 Å². The molecule has 0 aromatic carbocycles. The molecule has 1 N–H and O–H groups in total. The number of carbonyl (C=O) groups excluding carboxylic acids is 1. The highest BCUT2D eigenvalue weighted by atomic mass is 16.5. The van der Waals surface area contributed by atoms with Gasteiger partial charge in [-0.25, -0.2) is 0 Å². The minimum absolute atomic E-state index is 0.100. The van der Waals surface area contributed by atoms with Crippen molar-refractivity contribution in [3.63, 3.8) is 0 Å². The summed E-state index contributed by atoms with van der Waals surface area (Å²) in [7, 11) is 0. The molecule has 2 atom stereocenters. The fourth-order valence-corrected chi connectivity index (χ4v) is 2.40. The molecule has 1 heterocycles. The lowest BCUT2D eigenvalue weighted by molar-refractivity contribution is -0.144. The number of carbonyl (C=O) groups is 1. The van der Waals surface area contributed by atoms with Gasteiger partial charge in [-0.3, -0.25) is 9.69 Å². The minimum Gasteiger partial charge on any atom is -0.395 e. The molecule has 1 rings (SSSR count).